The minimum absolute atomic E-state index is 0.0269. The third kappa shape index (κ3) is 8.22. The van der Waals surface area contributed by atoms with Crippen molar-refractivity contribution in [1.82, 2.24) is 0 Å². The molecule has 0 aliphatic carbocycles. The normalized spacial score (nSPS) is 10.6. The minimum Gasteiger partial charge on any atom is -0.481 e. The zero-order valence-corrected chi connectivity index (χ0v) is 13.4. The van der Waals surface area contributed by atoms with Crippen molar-refractivity contribution in [3.63, 3.8) is 0 Å². The molecule has 10 nitrogen and oxygen atoms in total. The van der Waals surface area contributed by atoms with E-state index >= 15 is 0 Å². The Morgan fingerprint density at radius 3 is 1.67 bits per heavy atom. The summed E-state index contributed by atoms with van der Waals surface area (Å²) in [6.45, 7) is 2.94. The largest absolute Gasteiger partial charge is 0.481 e. The van der Waals surface area contributed by atoms with E-state index in [4.69, 9.17) is 5.11 Å². The number of carboxylic acid groups (broad SMARTS) is 1. The second-order valence-electron chi connectivity index (χ2n) is 4.65. The molecule has 0 fully saturated rings. The monoisotopic (exact) mass is 348 g/mol. The molecule has 0 saturated heterocycles. The van der Waals surface area contributed by atoms with Crippen LogP contribution in [0.4, 0.5) is 0 Å². The highest BCUT2D eigenvalue weighted by molar-refractivity contribution is 5.96. The highest BCUT2D eigenvalue weighted by Crippen LogP contribution is 2.20. The van der Waals surface area contributed by atoms with Crippen molar-refractivity contribution in [3.05, 3.63) is 0 Å². The van der Waals surface area contributed by atoms with Crippen LogP contribution in [0.25, 0.3) is 0 Å². The van der Waals surface area contributed by atoms with Crippen LogP contribution in [0, 0.1) is 0 Å². The van der Waals surface area contributed by atoms with Crippen molar-refractivity contribution in [3.8, 4) is 0 Å². The quantitative estimate of drug-likeness (QED) is 0.301. The van der Waals surface area contributed by atoms with Gasteiger partial charge in [-0.3, -0.25) is 19.2 Å². The Hall–Kier alpha value is -2.49. The standard InChI is InChI=1S/C14H20O10/c1-3-22-11(18)7-14(21,8-12(19)23-4-2)13(20)24-10(17)6-5-9(15)16/h21H,3-8H2,1-2H3,(H,15,16). The molecule has 0 heterocycles. The topological polar surface area (TPSA) is 154 Å². The van der Waals surface area contributed by atoms with Crippen LogP contribution >= 0.6 is 0 Å². The van der Waals surface area contributed by atoms with Crippen LogP contribution in [-0.2, 0) is 38.2 Å². The van der Waals surface area contributed by atoms with Gasteiger partial charge in [-0.25, -0.2) is 4.79 Å². The number of esters is 4. The first kappa shape index (κ1) is 21.5. The average molecular weight is 348 g/mol. The first-order valence-corrected chi connectivity index (χ1v) is 7.15. The number of rotatable bonds is 10. The summed E-state index contributed by atoms with van der Waals surface area (Å²) in [6.07, 6.45) is -3.05. The van der Waals surface area contributed by atoms with Gasteiger partial charge in [0.25, 0.3) is 0 Å². The summed E-state index contributed by atoms with van der Waals surface area (Å²) in [6, 6.07) is 0. The van der Waals surface area contributed by atoms with Gasteiger partial charge in [-0.1, -0.05) is 0 Å². The van der Waals surface area contributed by atoms with Gasteiger partial charge in [-0.05, 0) is 13.8 Å². The molecule has 0 saturated carbocycles. The van der Waals surface area contributed by atoms with Gasteiger partial charge < -0.3 is 24.4 Å². The van der Waals surface area contributed by atoms with Gasteiger partial charge in [0.15, 0.2) is 5.60 Å². The molecule has 0 aromatic carbocycles. The first-order valence-electron chi connectivity index (χ1n) is 7.15. The van der Waals surface area contributed by atoms with E-state index in [1.807, 2.05) is 0 Å². The van der Waals surface area contributed by atoms with Gasteiger partial charge in [-0.15, -0.1) is 0 Å². The molecule has 24 heavy (non-hydrogen) atoms. The van der Waals surface area contributed by atoms with Crippen molar-refractivity contribution in [1.29, 1.82) is 0 Å². The molecule has 0 aromatic rings. The highest BCUT2D eigenvalue weighted by Gasteiger charge is 2.44. The fourth-order valence-electron chi connectivity index (χ4n) is 1.57. The van der Waals surface area contributed by atoms with Crippen LogP contribution in [0.1, 0.15) is 39.5 Å². The Morgan fingerprint density at radius 1 is 0.833 bits per heavy atom. The second kappa shape index (κ2) is 10.3. The van der Waals surface area contributed by atoms with Crippen molar-refractivity contribution < 1.29 is 48.4 Å². The van der Waals surface area contributed by atoms with Gasteiger partial charge >= 0.3 is 29.8 Å². The fourth-order valence-corrected chi connectivity index (χ4v) is 1.57. The Morgan fingerprint density at radius 2 is 1.29 bits per heavy atom. The Labute approximate surface area is 137 Å². The first-order chi connectivity index (χ1) is 11.1. The molecule has 0 rings (SSSR count). The van der Waals surface area contributed by atoms with Gasteiger partial charge in [0.05, 0.1) is 38.9 Å². The van der Waals surface area contributed by atoms with Crippen molar-refractivity contribution in [2.75, 3.05) is 13.2 Å². The van der Waals surface area contributed by atoms with E-state index in [1.54, 1.807) is 0 Å². The Balaban J connectivity index is 5.03. The second-order valence-corrected chi connectivity index (χ2v) is 4.65. The molecule has 2 N–H and O–H groups in total. The molecule has 0 atom stereocenters. The summed E-state index contributed by atoms with van der Waals surface area (Å²) in [5, 5.41) is 18.7. The summed E-state index contributed by atoms with van der Waals surface area (Å²) in [5.41, 5.74) is -2.66. The Bertz CT molecular complexity index is 476. The summed E-state index contributed by atoms with van der Waals surface area (Å²) >= 11 is 0. The average Bonchev–Trinajstić information content (AvgIpc) is 2.45. The molecular weight excluding hydrogens is 328 g/mol. The van der Waals surface area contributed by atoms with Gasteiger partial charge in [0.2, 0.25) is 0 Å². The van der Waals surface area contributed by atoms with E-state index in [-0.39, 0.29) is 13.2 Å². The number of hydrogen-bond donors (Lipinski definition) is 2. The zero-order valence-electron chi connectivity index (χ0n) is 13.4. The fraction of sp³-hybridized carbons (Fsp3) is 0.643. The maximum atomic E-state index is 11.9. The van der Waals surface area contributed by atoms with Crippen LogP contribution in [0.3, 0.4) is 0 Å². The van der Waals surface area contributed by atoms with Gasteiger partial charge in [0.1, 0.15) is 0 Å². The maximum absolute atomic E-state index is 11.9. The summed E-state index contributed by atoms with van der Waals surface area (Å²) < 4.78 is 13.5. The number of hydrogen-bond acceptors (Lipinski definition) is 9. The molecule has 0 radical (unpaired) electrons. The molecule has 0 aliphatic heterocycles. The SMILES string of the molecule is CCOC(=O)CC(O)(CC(=O)OCC)C(=O)OC(=O)CCC(=O)O. The molecule has 0 spiro atoms. The maximum Gasteiger partial charge on any atom is 0.346 e. The van der Waals surface area contributed by atoms with Crippen LogP contribution < -0.4 is 0 Å². The predicted molar refractivity (Wildman–Crippen MR) is 75.4 cm³/mol. The summed E-state index contributed by atoms with van der Waals surface area (Å²) in [4.78, 5) is 56.7. The lowest BCUT2D eigenvalue weighted by molar-refractivity contribution is -0.182. The van der Waals surface area contributed by atoms with Crippen molar-refractivity contribution in [2.24, 2.45) is 0 Å². The molecule has 0 aliphatic rings. The summed E-state index contributed by atoms with van der Waals surface area (Å²) in [7, 11) is 0. The molecule has 0 aromatic heterocycles. The molecule has 10 heteroatoms. The van der Waals surface area contributed by atoms with E-state index in [2.05, 4.69) is 14.2 Å². The van der Waals surface area contributed by atoms with E-state index in [0.717, 1.165) is 0 Å². The molecule has 0 unspecified atom stereocenters. The molecule has 136 valence electrons. The van der Waals surface area contributed by atoms with Crippen LogP contribution in [0.2, 0.25) is 0 Å². The lowest BCUT2D eigenvalue weighted by Crippen LogP contribution is -2.45. The number of carbonyl (C=O) groups excluding carboxylic acids is 4. The summed E-state index contributed by atoms with van der Waals surface area (Å²) in [5.74, 6) is -6.03. The van der Waals surface area contributed by atoms with Gasteiger partial charge in [-0.2, -0.15) is 0 Å². The van der Waals surface area contributed by atoms with Crippen molar-refractivity contribution in [2.45, 2.75) is 45.1 Å². The molecule has 0 amide bonds. The van der Waals surface area contributed by atoms with E-state index in [0.29, 0.717) is 0 Å². The van der Waals surface area contributed by atoms with E-state index in [9.17, 15) is 29.1 Å². The number of aliphatic carboxylic acids is 1. The zero-order chi connectivity index (χ0) is 18.8. The third-order valence-electron chi connectivity index (χ3n) is 2.61. The molecule has 0 bridgehead atoms. The lowest BCUT2D eigenvalue weighted by Gasteiger charge is -2.23. The van der Waals surface area contributed by atoms with Crippen LogP contribution in [0.5, 0.6) is 0 Å². The number of carboxylic acids is 1. The van der Waals surface area contributed by atoms with Crippen molar-refractivity contribution >= 4 is 29.8 Å². The van der Waals surface area contributed by atoms with Gasteiger partial charge in [0, 0.05) is 0 Å². The van der Waals surface area contributed by atoms with Crippen LogP contribution in [-0.4, -0.2) is 58.9 Å². The minimum atomic E-state index is -2.66. The van der Waals surface area contributed by atoms with E-state index in [1.165, 1.54) is 13.8 Å². The number of ether oxygens (including phenoxy) is 3. The van der Waals surface area contributed by atoms with Crippen LogP contribution in [0.15, 0.2) is 0 Å². The highest BCUT2D eigenvalue weighted by atomic mass is 16.6. The predicted octanol–water partition coefficient (Wildman–Crippen LogP) is -0.441. The lowest BCUT2D eigenvalue weighted by atomic mass is 9.95. The number of carbonyl (C=O) groups is 5. The molecular formula is C14H20O10. The number of aliphatic hydroxyl groups is 1. The third-order valence-corrected chi connectivity index (χ3v) is 2.61. The smallest absolute Gasteiger partial charge is 0.346 e. The van der Waals surface area contributed by atoms with E-state index < -0.39 is 61.1 Å². The Kier molecular flexibility index (Phi) is 9.25.